The van der Waals surface area contributed by atoms with Gasteiger partial charge in [-0.25, -0.2) is 4.98 Å². The van der Waals surface area contributed by atoms with E-state index in [-0.39, 0.29) is 5.75 Å². The van der Waals surface area contributed by atoms with E-state index in [4.69, 9.17) is 0 Å². The number of carbonyl (C=O) groups excluding carboxylic acids is 1. The van der Waals surface area contributed by atoms with Crippen LogP contribution in [0.15, 0.2) is 36.7 Å². The molecule has 0 saturated carbocycles. The van der Waals surface area contributed by atoms with Crippen LogP contribution >= 0.6 is 0 Å². The Balaban J connectivity index is 2.48. The summed E-state index contributed by atoms with van der Waals surface area (Å²) in [6.07, 6.45) is 4.21. The maximum absolute atomic E-state index is 10.7. The second-order valence-corrected chi connectivity index (χ2v) is 3.60. The average molecular weight is 212 g/mol. The first-order valence-electron chi connectivity index (χ1n) is 4.83. The van der Waals surface area contributed by atoms with Gasteiger partial charge in [0.15, 0.2) is 6.29 Å². The molecule has 3 rings (SSSR count). The van der Waals surface area contributed by atoms with Gasteiger partial charge in [0.1, 0.15) is 17.1 Å². The molecule has 0 amide bonds. The molecule has 0 saturated heterocycles. The second kappa shape index (κ2) is 3.06. The summed E-state index contributed by atoms with van der Waals surface area (Å²) in [6.45, 7) is 0. The number of phenols is 1. The predicted octanol–water partition coefficient (Wildman–Crippen LogP) is 2.01. The van der Waals surface area contributed by atoms with Gasteiger partial charge < -0.3 is 9.51 Å². The van der Waals surface area contributed by atoms with Crippen LogP contribution in [0.3, 0.4) is 0 Å². The molecule has 0 bridgehead atoms. The van der Waals surface area contributed by atoms with Crippen LogP contribution in [0.2, 0.25) is 0 Å². The first-order valence-corrected chi connectivity index (χ1v) is 4.83. The molecule has 1 aromatic carbocycles. The van der Waals surface area contributed by atoms with Crippen molar-refractivity contribution in [1.82, 2.24) is 9.38 Å². The van der Waals surface area contributed by atoms with Gasteiger partial charge in [-0.15, -0.1) is 0 Å². The summed E-state index contributed by atoms with van der Waals surface area (Å²) in [5.41, 5.74) is 1.13. The molecule has 2 aromatic heterocycles. The number of pyridine rings is 1. The van der Waals surface area contributed by atoms with Crippen LogP contribution in [0.4, 0.5) is 0 Å². The van der Waals surface area contributed by atoms with E-state index in [1.807, 2.05) is 12.3 Å². The quantitative estimate of drug-likeness (QED) is 0.628. The Morgan fingerprint density at radius 1 is 1.31 bits per heavy atom. The van der Waals surface area contributed by atoms with E-state index < -0.39 is 0 Å². The predicted molar refractivity (Wildman–Crippen MR) is 59.8 cm³/mol. The van der Waals surface area contributed by atoms with Gasteiger partial charge in [0.05, 0.1) is 0 Å². The standard InChI is InChI=1S/C12H8N2O2/c15-7-9-6-14-4-3-8-5-10(16)1-2-11(8)12(14)13-9/h1-7,16H. The molecule has 0 aliphatic rings. The fraction of sp³-hybridized carbons (Fsp3) is 0. The fourth-order valence-electron chi connectivity index (χ4n) is 1.83. The summed E-state index contributed by atoms with van der Waals surface area (Å²) >= 11 is 0. The maximum Gasteiger partial charge on any atom is 0.170 e. The first kappa shape index (κ1) is 8.91. The molecule has 1 N–H and O–H groups in total. The first-order chi connectivity index (χ1) is 7.78. The lowest BCUT2D eigenvalue weighted by Gasteiger charge is -2.00. The number of nitrogens with zero attached hydrogens (tertiary/aromatic N) is 2. The molecule has 0 aliphatic carbocycles. The zero-order valence-corrected chi connectivity index (χ0v) is 8.29. The summed E-state index contributed by atoms with van der Waals surface area (Å²) in [5.74, 6) is 0.221. The van der Waals surface area contributed by atoms with Crippen molar-refractivity contribution in [2.45, 2.75) is 0 Å². The lowest BCUT2D eigenvalue weighted by Crippen LogP contribution is -1.83. The topological polar surface area (TPSA) is 54.6 Å². The SMILES string of the molecule is O=Cc1cn2ccc3cc(O)ccc3c2n1. The van der Waals surface area contributed by atoms with Gasteiger partial charge in [0.2, 0.25) is 0 Å². The minimum atomic E-state index is 0.221. The number of hydrogen-bond donors (Lipinski definition) is 1. The molecule has 0 aliphatic heterocycles. The normalized spacial score (nSPS) is 11.0. The number of hydrogen-bond acceptors (Lipinski definition) is 3. The van der Waals surface area contributed by atoms with Crippen molar-refractivity contribution in [3.8, 4) is 5.75 Å². The Kier molecular flexibility index (Phi) is 1.71. The van der Waals surface area contributed by atoms with Gasteiger partial charge >= 0.3 is 0 Å². The van der Waals surface area contributed by atoms with E-state index in [9.17, 15) is 9.90 Å². The van der Waals surface area contributed by atoms with Crippen LogP contribution in [-0.4, -0.2) is 20.8 Å². The van der Waals surface area contributed by atoms with Crippen LogP contribution in [-0.2, 0) is 0 Å². The minimum Gasteiger partial charge on any atom is -0.508 e. The number of aldehydes is 1. The molecule has 0 spiro atoms. The highest BCUT2D eigenvalue weighted by molar-refractivity contribution is 5.95. The Morgan fingerprint density at radius 2 is 2.19 bits per heavy atom. The Hall–Kier alpha value is -2.36. The minimum absolute atomic E-state index is 0.221. The van der Waals surface area contributed by atoms with E-state index >= 15 is 0 Å². The van der Waals surface area contributed by atoms with Crippen LogP contribution in [0.5, 0.6) is 5.75 Å². The highest BCUT2D eigenvalue weighted by atomic mass is 16.3. The molecule has 16 heavy (non-hydrogen) atoms. The summed E-state index contributed by atoms with van der Waals surface area (Å²) in [7, 11) is 0. The zero-order chi connectivity index (χ0) is 11.1. The molecule has 4 heteroatoms. The number of phenolic OH excluding ortho intramolecular Hbond substituents is 1. The summed E-state index contributed by atoms with van der Waals surface area (Å²) in [4.78, 5) is 14.9. The van der Waals surface area contributed by atoms with Gasteiger partial charge in [-0.2, -0.15) is 0 Å². The monoisotopic (exact) mass is 212 g/mol. The molecule has 4 nitrogen and oxygen atoms in total. The number of fused-ring (bicyclic) bond motifs is 3. The lowest BCUT2D eigenvalue weighted by atomic mass is 10.1. The lowest BCUT2D eigenvalue weighted by molar-refractivity contribution is 0.111. The summed E-state index contributed by atoms with van der Waals surface area (Å²) in [6, 6.07) is 6.95. The van der Waals surface area contributed by atoms with Gasteiger partial charge in [0.25, 0.3) is 0 Å². The van der Waals surface area contributed by atoms with E-state index in [1.165, 1.54) is 0 Å². The smallest absolute Gasteiger partial charge is 0.170 e. The highest BCUT2D eigenvalue weighted by Crippen LogP contribution is 2.23. The number of imidazole rings is 1. The second-order valence-electron chi connectivity index (χ2n) is 3.60. The third kappa shape index (κ3) is 1.16. The van der Waals surface area contributed by atoms with Crippen molar-refractivity contribution in [3.63, 3.8) is 0 Å². The highest BCUT2D eigenvalue weighted by Gasteiger charge is 2.05. The molecular formula is C12H8N2O2. The van der Waals surface area contributed by atoms with E-state index in [0.29, 0.717) is 5.69 Å². The van der Waals surface area contributed by atoms with Gasteiger partial charge in [-0.3, -0.25) is 4.79 Å². The number of aromatic nitrogens is 2. The Morgan fingerprint density at radius 3 is 3.00 bits per heavy atom. The van der Waals surface area contributed by atoms with Crippen LogP contribution in [0, 0.1) is 0 Å². The van der Waals surface area contributed by atoms with E-state index in [0.717, 1.165) is 22.7 Å². The van der Waals surface area contributed by atoms with E-state index in [2.05, 4.69) is 4.98 Å². The molecule has 78 valence electrons. The fourth-order valence-corrected chi connectivity index (χ4v) is 1.83. The van der Waals surface area contributed by atoms with Gasteiger partial charge in [0, 0.05) is 17.8 Å². The molecular weight excluding hydrogens is 204 g/mol. The number of aromatic hydroxyl groups is 1. The summed E-state index contributed by atoms with van der Waals surface area (Å²) in [5, 5.41) is 11.2. The molecule has 2 heterocycles. The van der Waals surface area contributed by atoms with Crippen molar-refractivity contribution in [2.75, 3.05) is 0 Å². The summed E-state index contributed by atoms with van der Waals surface area (Å²) < 4.78 is 1.79. The Bertz CT molecular complexity index is 701. The third-order valence-corrected chi connectivity index (χ3v) is 2.56. The largest absolute Gasteiger partial charge is 0.508 e. The van der Waals surface area contributed by atoms with E-state index in [1.54, 1.807) is 28.8 Å². The van der Waals surface area contributed by atoms with Gasteiger partial charge in [-0.05, 0) is 29.7 Å². The molecule has 3 aromatic rings. The third-order valence-electron chi connectivity index (χ3n) is 2.56. The van der Waals surface area contributed by atoms with Crippen molar-refractivity contribution < 1.29 is 9.90 Å². The van der Waals surface area contributed by atoms with Crippen LogP contribution < -0.4 is 0 Å². The van der Waals surface area contributed by atoms with Crippen molar-refractivity contribution >= 4 is 22.7 Å². The zero-order valence-electron chi connectivity index (χ0n) is 8.29. The van der Waals surface area contributed by atoms with Crippen LogP contribution in [0.1, 0.15) is 10.5 Å². The number of benzene rings is 1. The van der Waals surface area contributed by atoms with Crippen LogP contribution in [0.25, 0.3) is 16.4 Å². The number of carbonyl (C=O) groups is 1. The average Bonchev–Trinajstić information content (AvgIpc) is 2.71. The molecule has 0 unspecified atom stereocenters. The molecule has 0 fully saturated rings. The maximum atomic E-state index is 10.7. The molecule has 0 atom stereocenters. The van der Waals surface area contributed by atoms with Crippen molar-refractivity contribution in [3.05, 3.63) is 42.4 Å². The number of rotatable bonds is 1. The molecule has 0 radical (unpaired) electrons. The van der Waals surface area contributed by atoms with Gasteiger partial charge in [-0.1, -0.05) is 0 Å². The van der Waals surface area contributed by atoms with Crippen molar-refractivity contribution in [2.24, 2.45) is 0 Å². The van der Waals surface area contributed by atoms with Crippen molar-refractivity contribution in [1.29, 1.82) is 0 Å². The Labute approximate surface area is 90.8 Å².